The lowest BCUT2D eigenvalue weighted by Crippen LogP contribution is -2.30. The number of hydrogen-bond donors (Lipinski definition) is 0. The maximum Gasteiger partial charge on any atom is 0.243 e. The summed E-state index contributed by atoms with van der Waals surface area (Å²) < 4.78 is 90.5. The van der Waals surface area contributed by atoms with Gasteiger partial charge in [-0.3, -0.25) is 0 Å². The van der Waals surface area contributed by atoms with Crippen molar-refractivity contribution >= 4 is 32.8 Å². The van der Waals surface area contributed by atoms with Crippen LogP contribution in [0.3, 0.4) is 0 Å². The van der Waals surface area contributed by atoms with Crippen LogP contribution in [0.5, 0.6) is 0 Å². The van der Waals surface area contributed by atoms with Gasteiger partial charge in [-0.25, -0.2) is 31.0 Å². The van der Waals surface area contributed by atoms with E-state index in [1.807, 2.05) is 0 Å². The SMILES string of the molecule is CCN(CC)S(=O)(=O)c1ccc2c(c1)nc(SCc1c(F)c(F)cc(F)c1F)n2C[C@H]1CCCO1. The Balaban J connectivity index is 1.74. The molecule has 1 aromatic heterocycles. The van der Waals surface area contributed by atoms with E-state index in [0.29, 0.717) is 42.4 Å². The van der Waals surface area contributed by atoms with Crippen molar-refractivity contribution in [3.8, 4) is 0 Å². The second-order valence-electron chi connectivity index (χ2n) is 8.12. The number of hydrogen-bond acceptors (Lipinski definition) is 5. The van der Waals surface area contributed by atoms with Gasteiger partial charge in [-0.2, -0.15) is 4.31 Å². The van der Waals surface area contributed by atoms with Crippen LogP contribution in [0.4, 0.5) is 17.6 Å². The zero-order chi connectivity index (χ0) is 25.3. The Morgan fingerprint density at radius 1 is 1.11 bits per heavy atom. The highest BCUT2D eigenvalue weighted by Crippen LogP contribution is 2.32. The number of benzene rings is 2. The minimum absolute atomic E-state index is 0.0799. The summed E-state index contributed by atoms with van der Waals surface area (Å²) in [7, 11) is -3.72. The molecule has 0 aliphatic carbocycles. The predicted molar refractivity (Wildman–Crippen MR) is 125 cm³/mol. The van der Waals surface area contributed by atoms with E-state index in [9.17, 15) is 26.0 Å². The second-order valence-corrected chi connectivity index (χ2v) is 11.0. The first kappa shape index (κ1) is 25.9. The molecule has 190 valence electrons. The van der Waals surface area contributed by atoms with Gasteiger partial charge in [0, 0.05) is 37.1 Å². The average molecular weight is 532 g/mol. The van der Waals surface area contributed by atoms with Crippen LogP contribution in [-0.4, -0.2) is 48.1 Å². The van der Waals surface area contributed by atoms with Gasteiger partial charge in [-0.05, 0) is 31.0 Å². The van der Waals surface area contributed by atoms with Gasteiger partial charge in [0.1, 0.15) is 0 Å². The fourth-order valence-corrected chi connectivity index (χ4v) is 6.62. The van der Waals surface area contributed by atoms with E-state index in [1.54, 1.807) is 24.5 Å². The molecule has 2 aromatic carbocycles. The third kappa shape index (κ3) is 5.07. The number of fused-ring (bicyclic) bond motifs is 1. The molecule has 1 aliphatic heterocycles. The number of ether oxygens (including phenoxy) is 1. The number of halogens is 4. The summed E-state index contributed by atoms with van der Waals surface area (Å²) in [6.07, 6.45) is 1.60. The minimum Gasteiger partial charge on any atom is -0.376 e. The lowest BCUT2D eigenvalue weighted by atomic mass is 10.2. The smallest absolute Gasteiger partial charge is 0.243 e. The molecule has 1 saturated heterocycles. The van der Waals surface area contributed by atoms with Gasteiger partial charge in [0.05, 0.1) is 28.6 Å². The summed E-state index contributed by atoms with van der Waals surface area (Å²) in [6.45, 7) is 5.13. The highest BCUT2D eigenvalue weighted by molar-refractivity contribution is 7.98. The summed E-state index contributed by atoms with van der Waals surface area (Å²) in [5.41, 5.74) is 0.269. The minimum atomic E-state index is -3.72. The molecular formula is C23H25F4N3O3S2. The van der Waals surface area contributed by atoms with E-state index in [0.717, 1.165) is 24.6 Å². The van der Waals surface area contributed by atoms with Gasteiger partial charge in [-0.15, -0.1) is 0 Å². The first-order chi connectivity index (χ1) is 16.7. The molecule has 0 spiro atoms. The van der Waals surface area contributed by atoms with Crippen LogP contribution in [-0.2, 0) is 27.1 Å². The van der Waals surface area contributed by atoms with Crippen LogP contribution < -0.4 is 0 Å². The van der Waals surface area contributed by atoms with E-state index in [1.165, 1.54) is 16.4 Å². The second kappa shape index (κ2) is 10.5. The molecule has 0 saturated carbocycles. The summed E-state index contributed by atoms with van der Waals surface area (Å²) in [5.74, 6) is -6.26. The van der Waals surface area contributed by atoms with E-state index in [4.69, 9.17) is 4.74 Å². The Morgan fingerprint density at radius 3 is 2.40 bits per heavy atom. The summed E-state index contributed by atoms with van der Waals surface area (Å²) >= 11 is 0.907. The van der Waals surface area contributed by atoms with Gasteiger partial charge < -0.3 is 9.30 Å². The Morgan fingerprint density at radius 2 is 1.80 bits per heavy atom. The van der Waals surface area contributed by atoms with Crippen LogP contribution >= 0.6 is 11.8 Å². The van der Waals surface area contributed by atoms with Gasteiger partial charge in [0.15, 0.2) is 28.4 Å². The normalized spacial score (nSPS) is 16.6. The monoisotopic (exact) mass is 531 g/mol. The predicted octanol–water partition coefficient (Wildman–Crippen LogP) is 5.09. The molecule has 1 aliphatic rings. The molecule has 12 heteroatoms. The number of thioether (sulfide) groups is 1. The standard InChI is InChI=1S/C23H25F4N3O3S2/c1-3-29(4-2)35(31,32)15-7-8-20-19(10-15)28-23(30(20)12-14-6-5-9-33-14)34-13-16-21(26)17(24)11-18(25)22(16)27/h7-8,10-11,14H,3-6,9,12-13H2,1-2H3/t14-/m1/s1. The average Bonchev–Trinajstić information content (AvgIpc) is 3.46. The fraction of sp³-hybridized carbons (Fsp3) is 0.435. The highest BCUT2D eigenvalue weighted by Gasteiger charge is 2.26. The Bertz CT molecular complexity index is 1310. The maximum atomic E-state index is 14.2. The maximum absolute atomic E-state index is 14.2. The van der Waals surface area contributed by atoms with Gasteiger partial charge in [0.25, 0.3) is 0 Å². The van der Waals surface area contributed by atoms with E-state index >= 15 is 0 Å². The number of imidazole rings is 1. The molecule has 1 atom stereocenters. The summed E-state index contributed by atoms with van der Waals surface area (Å²) in [4.78, 5) is 4.59. The van der Waals surface area contributed by atoms with Crippen LogP contribution in [0.15, 0.2) is 34.3 Å². The summed E-state index contributed by atoms with van der Waals surface area (Å²) in [5, 5.41) is 0.330. The van der Waals surface area contributed by atoms with Crippen LogP contribution in [0.2, 0.25) is 0 Å². The molecule has 3 aromatic rings. The van der Waals surface area contributed by atoms with Gasteiger partial charge in [0.2, 0.25) is 10.0 Å². The van der Waals surface area contributed by atoms with Crippen molar-refractivity contribution in [1.29, 1.82) is 0 Å². The molecule has 35 heavy (non-hydrogen) atoms. The Hall–Kier alpha value is -2.15. The molecule has 1 fully saturated rings. The quantitative estimate of drug-likeness (QED) is 0.219. The number of aromatic nitrogens is 2. The van der Waals surface area contributed by atoms with E-state index < -0.39 is 44.6 Å². The van der Waals surface area contributed by atoms with Gasteiger partial charge in [-0.1, -0.05) is 25.6 Å². The van der Waals surface area contributed by atoms with Crippen molar-refractivity contribution in [2.24, 2.45) is 0 Å². The zero-order valence-corrected chi connectivity index (χ0v) is 20.9. The molecular weight excluding hydrogens is 506 g/mol. The topological polar surface area (TPSA) is 64.4 Å². The molecule has 6 nitrogen and oxygen atoms in total. The lowest BCUT2D eigenvalue weighted by Gasteiger charge is -2.18. The summed E-state index contributed by atoms with van der Waals surface area (Å²) in [6, 6.07) is 4.77. The third-order valence-electron chi connectivity index (χ3n) is 5.99. The van der Waals surface area contributed by atoms with E-state index in [-0.39, 0.29) is 17.1 Å². The van der Waals surface area contributed by atoms with Crippen molar-refractivity contribution in [2.45, 2.75) is 55.1 Å². The van der Waals surface area contributed by atoms with E-state index in [2.05, 4.69) is 4.98 Å². The first-order valence-corrected chi connectivity index (χ1v) is 13.7. The highest BCUT2D eigenvalue weighted by atomic mass is 32.2. The van der Waals surface area contributed by atoms with Crippen LogP contribution in [0, 0.1) is 23.3 Å². The van der Waals surface area contributed by atoms with Crippen molar-refractivity contribution in [2.75, 3.05) is 19.7 Å². The molecule has 0 bridgehead atoms. The molecule has 2 heterocycles. The fourth-order valence-electron chi connectivity index (χ4n) is 4.13. The van der Waals surface area contributed by atoms with Gasteiger partial charge >= 0.3 is 0 Å². The van der Waals surface area contributed by atoms with Crippen LogP contribution in [0.25, 0.3) is 11.0 Å². The lowest BCUT2D eigenvalue weighted by molar-refractivity contribution is 0.0960. The van der Waals surface area contributed by atoms with Crippen molar-refractivity contribution < 1.29 is 30.7 Å². The molecule has 0 N–H and O–H groups in total. The van der Waals surface area contributed by atoms with Crippen LogP contribution in [0.1, 0.15) is 32.3 Å². The number of rotatable bonds is 9. The molecule has 0 radical (unpaired) electrons. The Labute approximate surface area is 205 Å². The third-order valence-corrected chi connectivity index (χ3v) is 9.04. The zero-order valence-electron chi connectivity index (χ0n) is 19.2. The van der Waals surface area contributed by atoms with Crippen molar-refractivity contribution in [3.63, 3.8) is 0 Å². The number of sulfonamides is 1. The number of nitrogens with zero attached hydrogens (tertiary/aromatic N) is 3. The molecule has 0 unspecified atom stereocenters. The van der Waals surface area contributed by atoms with Crippen molar-refractivity contribution in [1.82, 2.24) is 13.9 Å². The first-order valence-electron chi connectivity index (χ1n) is 11.2. The Kier molecular flexibility index (Phi) is 7.74. The van der Waals surface area contributed by atoms with Crippen molar-refractivity contribution in [3.05, 3.63) is 53.1 Å². The molecule has 0 amide bonds. The largest absolute Gasteiger partial charge is 0.376 e. The molecule has 4 rings (SSSR count).